The van der Waals surface area contributed by atoms with E-state index in [4.69, 9.17) is 0 Å². The highest BCUT2D eigenvalue weighted by Gasteiger charge is 2.45. The lowest BCUT2D eigenvalue weighted by atomic mass is 9.84. The van der Waals surface area contributed by atoms with E-state index in [1.54, 1.807) is 0 Å². The summed E-state index contributed by atoms with van der Waals surface area (Å²) < 4.78 is 4.75. The second-order valence-electron chi connectivity index (χ2n) is 6.95. The van der Waals surface area contributed by atoms with Crippen molar-refractivity contribution in [2.75, 3.05) is 4.81 Å². The summed E-state index contributed by atoms with van der Waals surface area (Å²) in [5, 5.41) is 2.62. The van der Waals surface area contributed by atoms with E-state index in [1.807, 2.05) is 6.20 Å². The number of fused-ring (bicyclic) bond motifs is 11. The van der Waals surface area contributed by atoms with E-state index in [-0.39, 0.29) is 7.12 Å². The van der Waals surface area contributed by atoms with Gasteiger partial charge in [0.1, 0.15) is 5.82 Å². The third-order valence-corrected chi connectivity index (χ3v) is 5.75. The zero-order valence-electron chi connectivity index (χ0n) is 13.9. The van der Waals surface area contributed by atoms with Gasteiger partial charge in [-0.05, 0) is 24.3 Å². The monoisotopic (exact) mass is 332 g/mol. The van der Waals surface area contributed by atoms with Gasteiger partial charge in [-0.1, -0.05) is 42.5 Å². The average molecular weight is 332 g/mol. The molecule has 0 unspecified atom stereocenters. The summed E-state index contributed by atoms with van der Waals surface area (Å²) in [6.07, 6.45) is 4.00. The molecule has 120 valence electrons. The van der Waals surface area contributed by atoms with Gasteiger partial charge in [-0.25, -0.2) is 4.98 Å². The summed E-state index contributed by atoms with van der Waals surface area (Å²) in [5.74, 6) is 1.03. The summed E-state index contributed by atoms with van der Waals surface area (Å²) >= 11 is 0. The Bertz CT molecular complexity index is 1360. The third-order valence-electron chi connectivity index (χ3n) is 5.75. The second kappa shape index (κ2) is 4.19. The molecule has 0 saturated carbocycles. The lowest BCUT2D eigenvalue weighted by molar-refractivity contribution is 1.06. The van der Waals surface area contributed by atoms with Gasteiger partial charge in [-0.2, -0.15) is 0 Å². The lowest BCUT2D eigenvalue weighted by Gasteiger charge is -2.33. The van der Waals surface area contributed by atoms with Gasteiger partial charge in [0.25, 0.3) is 0 Å². The van der Waals surface area contributed by atoms with Gasteiger partial charge in [-0.3, -0.25) is 0 Å². The van der Waals surface area contributed by atoms with Crippen molar-refractivity contribution in [1.29, 1.82) is 0 Å². The van der Waals surface area contributed by atoms with Crippen molar-refractivity contribution < 1.29 is 0 Å². The summed E-state index contributed by atoms with van der Waals surface area (Å²) in [6.45, 7) is 0. The molecule has 7 rings (SSSR count). The molecule has 0 atom stereocenters. The molecule has 5 aromatic rings. The molecule has 26 heavy (non-hydrogen) atoms. The Balaban J connectivity index is 1.71. The maximum absolute atomic E-state index is 4.67. The molecule has 2 aromatic heterocycles. The topological polar surface area (TPSA) is 26.0 Å². The van der Waals surface area contributed by atoms with E-state index in [0.29, 0.717) is 0 Å². The highest BCUT2D eigenvalue weighted by atomic mass is 15.3. The highest BCUT2D eigenvalue weighted by Crippen LogP contribution is 2.48. The van der Waals surface area contributed by atoms with Crippen LogP contribution in [0.3, 0.4) is 0 Å². The molecule has 0 radical (unpaired) electrons. The quantitative estimate of drug-likeness (QED) is 0.390. The van der Waals surface area contributed by atoms with Gasteiger partial charge in [0, 0.05) is 39.9 Å². The molecule has 4 nitrogen and oxygen atoms in total. The average Bonchev–Trinajstić information content (AvgIpc) is 3.39. The highest BCUT2D eigenvalue weighted by molar-refractivity contribution is 6.68. The van der Waals surface area contributed by atoms with Crippen LogP contribution in [0.1, 0.15) is 0 Å². The summed E-state index contributed by atoms with van der Waals surface area (Å²) in [4.78, 5) is 7.12. The molecule has 0 spiro atoms. The number of nitrogens with zero attached hydrogens (tertiary/aromatic N) is 4. The Labute approximate surface area is 150 Å². The molecule has 5 heteroatoms. The van der Waals surface area contributed by atoms with Gasteiger partial charge in [0.05, 0.1) is 11.2 Å². The van der Waals surface area contributed by atoms with Crippen molar-refractivity contribution in [3.63, 3.8) is 0 Å². The molecular weight excluding hydrogens is 319 g/mol. The molecular formula is C21H13BN4. The van der Waals surface area contributed by atoms with Crippen LogP contribution in [0.25, 0.3) is 33.2 Å². The number of hydrogen-bond donors (Lipinski definition) is 0. The molecule has 3 aromatic carbocycles. The van der Waals surface area contributed by atoms with Crippen LogP contribution in [0.4, 0.5) is 11.4 Å². The number of benzene rings is 3. The molecule has 0 N–H and O–H groups in total. The van der Waals surface area contributed by atoms with Crippen LogP contribution < -0.4 is 4.81 Å². The van der Waals surface area contributed by atoms with Crippen molar-refractivity contribution in [2.24, 2.45) is 0 Å². The predicted molar refractivity (Wildman–Crippen MR) is 106 cm³/mol. The van der Waals surface area contributed by atoms with Crippen LogP contribution in [0.5, 0.6) is 0 Å². The van der Waals surface area contributed by atoms with Crippen molar-refractivity contribution in [2.45, 2.75) is 0 Å². The standard InChI is InChI=1S/C21H13BN4/c1-3-9-17-14(6-1)15-8-5-11-19-20(15)26(17)22-24-13-12-23-21(24)16-7-2-4-10-18(16)25(19)22/h1-13H. The van der Waals surface area contributed by atoms with Crippen molar-refractivity contribution in [3.05, 3.63) is 79.1 Å². The molecule has 0 aliphatic carbocycles. The van der Waals surface area contributed by atoms with Crippen LogP contribution in [0.15, 0.2) is 79.1 Å². The Hall–Kier alpha value is -3.47. The maximum atomic E-state index is 4.67. The number of imidazole rings is 1. The molecule has 0 fully saturated rings. The van der Waals surface area contributed by atoms with Crippen molar-refractivity contribution in [1.82, 2.24) is 13.9 Å². The normalized spacial score (nSPS) is 14.0. The fraction of sp³-hybridized carbons (Fsp3) is 0. The van der Waals surface area contributed by atoms with E-state index < -0.39 is 0 Å². The van der Waals surface area contributed by atoms with Gasteiger partial charge < -0.3 is 13.8 Å². The fourth-order valence-corrected chi connectivity index (χ4v) is 4.79. The summed E-state index contributed by atoms with van der Waals surface area (Å²) in [6, 6.07) is 23.9. The van der Waals surface area contributed by atoms with Crippen LogP contribution in [-0.4, -0.2) is 21.1 Å². The van der Waals surface area contributed by atoms with Gasteiger partial charge in [0.2, 0.25) is 0 Å². The molecule has 2 aliphatic heterocycles. The number of anilines is 2. The maximum Gasteiger partial charge on any atom is 0.519 e. The van der Waals surface area contributed by atoms with E-state index >= 15 is 0 Å². The zero-order valence-corrected chi connectivity index (χ0v) is 13.9. The number of aromatic nitrogens is 3. The zero-order chi connectivity index (χ0) is 16.8. The minimum Gasteiger partial charge on any atom is -0.343 e. The van der Waals surface area contributed by atoms with E-state index in [0.717, 1.165) is 5.82 Å². The Morgan fingerprint density at radius 2 is 1.58 bits per heavy atom. The largest absolute Gasteiger partial charge is 0.519 e. The van der Waals surface area contributed by atoms with E-state index in [9.17, 15) is 0 Å². The third kappa shape index (κ3) is 1.27. The lowest BCUT2D eigenvalue weighted by Crippen LogP contribution is -2.47. The number of rotatable bonds is 0. The van der Waals surface area contributed by atoms with Crippen molar-refractivity contribution in [3.8, 4) is 11.4 Å². The minimum atomic E-state index is 0.0437. The molecule has 0 amide bonds. The number of para-hydroxylation sites is 3. The first-order valence-electron chi connectivity index (χ1n) is 8.86. The predicted octanol–water partition coefficient (Wildman–Crippen LogP) is 4.50. The Morgan fingerprint density at radius 1 is 0.769 bits per heavy atom. The first-order chi connectivity index (χ1) is 12.9. The molecule has 0 saturated heterocycles. The first-order valence-corrected chi connectivity index (χ1v) is 8.86. The number of hydrogen-bond acceptors (Lipinski definition) is 2. The SMILES string of the molecule is c1ccc2c(c1)-c1nccn1B1N2c2cccc3c4ccccc4n1c23. The van der Waals surface area contributed by atoms with E-state index in [2.05, 4.69) is 91.7 Å². The van der Waals surface area contributed by atoms with Crippen molar-refractivity contribution >= 4 is 40.3 Å². The Morgan fingerprint density at radius 3 is 2.58 bits per heavy atom. The van der Waals surface area contributed by atoms with Gasteiger partial charge >= 0.3 is 7.12 Å². The van der Waals surface area contributed by atoms with Gasteiger partial charge in [0.15, 0.2) is 0 Å². The summed E-state index contributed by atoms with van der Waals surface area (Å²) in [7, 11) is 0.0437. The first kappa shape index (κ1) is 12.8. The van der Waals surface area contributed by atoms with Crippen LogP contribution in [-0.2, 0) is 0 Å². The van der Waals surface area contributed by atoms with E-state index in [1.165, 1.54) is 38.7 Å². The fourth-order valence-electron chi connectivity index (χ4n) is 4.79. The van der Waals surface area contributed by atoms with Gasteiger partial charge in [-0.15, -0.1) is 0 Å². The summed E-state index contributed by atoms with van der Waals surface area (Å²) in [5.41, 5.74) is 6.23. The van der Waals surface area contributed by atoms with Crippen LogP contribution in [0.2, 0.25) is 0 Å². The van der Waals surface area contributed by atoms with Crippen LogP contribution in [0, 0.1) is 0 Å². The second-order valence-corrected chi connectivity index (χ2v) is 6.95. The van der Waals surface area contributed by atoms with Crippen LogP contribution >= 0.6 is 0 Å². The molecule has 0 bridgehead atoms. The minimum absolute atomic E-state index is 0.0437. The Kier molecular flexibility index (Phi) is 2.07. The molecule has 4 heterocycles. The smallest absolute Gasteiger partial charge is 0.343 e. The molecule has 2 aliphatic rings.